The first-order valence-electron chi connectivity index (χ1n) is 6.48. The smallest absolute Gasteiger partial charge is 0.328 e. The van der Waals surface area contributed by atoms with Gasteiger partial charge in [-0.15, -0.1) is 0 Å². The summed E-state index contributed by atoms with van der Waals surface area (Å²) in [4.78, 5) is 22.7. The summed E-state index contributed by atoms with van der Waals surface area (Å²) < 4.78 is 0. The third-order valence-electron chi connectivity index (χ3n) is 2.95. The molecule has 3 atom stereocenters. The van der Waals surface area contributed by atoms with Gasteiger partial charge in [-0.2, -0.15) is 0 Å². The molecule has 4 N–H and O–H groups in total. The predicted molar refractivity (Wildman–Crippen MR) is 74.2 cm³/mol. The highest BCUT2D eigenvalue weighted by Crippen LogP contribution is 2.15. The van der Waals surface area contributed by atoms with Crippen LogP contribution in [0.4, 0.5) is 4.79 Å². The lowest BCUT2D eigenvalue weighted by atomic mass is 10.1. The maximum absolute atomic E-state index is 11.8. The largest absolute Gasteiger partial charge is 0.480 e. The van der Waals surface area contributed by atoms with Gasteiger partial charge in [0.25, 0.3) is 0 Å². The summed E-state index contributed by atoms with van der Waals surface area (Å²) in [7, 11) is 0. The monoisotopic (exact) mass is 280 g/mol. The molecule has 0 saturated heterocycles. The zero-order valence-electron chi connectivity index (χ0n) is 11.5. The number of hydrogen-bond acceptors (Lipinski definition) is 3. The lowest BCUT2D eigenvalue weighted by Gasteiger charge is -2.21. The molecule has 0 fully saturated rings. The zero-order valence-corrected chi connectivity index (χ0v) is 11.5. The Labute approximate surface area is 117 Å². The highest BCUT2D eigenvalue weighted by molar-refractivity contribution is 5.83. The molecule has 0 heterocycles. The van der Waals surface area contributed by atoms with Gasteiger partial charge in [0.05, 0.1) is 12.1 Å². The normalized spacial score (nSPS) is 14.9. The van der Waals surface area contributed by atoms with Crippen LogP contribution in [0, 0.1) is 0 Å². The number of nitrogens with one attached hydrogen (secondary N) is 2. The van der Waals surface area contributed by atoms with E-state index in [9.17, 15) is 14.7 Å². The molecular formula is C14H20N2O4. The first-order chi connectivity index (χ1) is 9.45. The van der Waals surface area contributed by atoms with Crippen LogP contribution in [0.25, 0.3) is 0 Å². The van der Waals surface area contributed by atoms with Crippen LogP contribution in [0.15, 0.2) is 30.3 Å². The lowest BCUT2D eigenvalue weighted by Crippen LogP contribution is -2.51. The molecule has 110 valence electrons. The molecule has 2 amide bonds. The third-order valence-corrected chi connectivity index (χ3v) is 2.95. The van der Waals surface area contributed by atoms with Crippen molar-refractivity contribution < 1.29 is 19.8 Å². The zero-order chi connectivity index (χ0) is 15.1. The lowest BCUT2D eigenvalue weighted by molar-refractivity contribution is -0.141. The van der Waals surface area contributed by atoms with Crippen LogP contribution in [-0.2, 0) is 4.79 Å². The van der Waals surface area contributed by atoms with E-state index in [0.29, 0.717) is 6.42 Å². The first-order valence-corrected chi connectivity index (χ1v) is 6.48. The average Bonchev–Trinajstić information content (AvgIpc) is 2.42. The summed E-state index contributed by atoms with van der Waals surface area (Å²) in [6.45, 7) is 3.23. The Bertz CT molecular complexity index is 448. The Balaban J connectivity index is 2.66. The molecular weight excluding hydrogens is 260 g/mol. The van der Waals surface area contributed by atoms with Gasteiger partial charge in [-0.1, -0.05) is 37.3 Å². The van der Waals surface area contributed by atoms with Gasteiger partial charge in [-0.25, -0.2) is 9.59 Å². The minimum absolute atomic E-state index is 0.209. The molecule has 0 aliphatic rings. The molecule has 1 aromatic rings. The van der Waals surface area contributed by atoms with Crippen molar-refractivity contribution in [1.29, 1.82) is 0 Å². The van der Waals surface area contributed by atoms with E-state index in [1.54, 1.807) is 0 Å². The molecule has 0 aliphatic carbocycles. The summed E-state index contributed by atoms with van der Waals surface area (Å²) in [5, 5.41) is 23.2. The number of carbonyl (C=O) groups is 2. The van der Waals surface area contributed by atoms with Gasteiger partial charge in [0.2, 0.25) is 0 Å². The highest BCUT2D eigenvalue weighted by Gasteiger charge is 2.25. The van der Waals surface area contributed by atoms with Crippen LogP contribution in [0.1, 0.15) is 31.9 Å². The van der Waals surface area contributed by atoms with Crippen LogP contribution in [-0.4, -0.2) is 34.4 Å². The quantitative estimate of drug-likeness (QED) is 0.630. The Morgan fingerprint density at radius 1 is 1.20 bits per heavy atom. The van der Waals surface area contributed by atoms with Gasteiger partial charge in [-0.05, 0) is 18.9 Å². The topological polar surface area (TPSA) is 98.7 Å². The minimum Gasteiger partial charge on any atom is -0.480 e. The number of urea groups is 1. The summed E-state index contributed by atoms with van der Waals surface area (Å²) in [5.74, 6) is -1.28. The van der Waals surface area contributed by atoms with E-state index in [0.717, 1.165) is 5.56 Å². The minimum atomic E-state index is -1.33. The summed E-state index contributed by atoms with van der Waals surface area (Å²) in [6.07, 6.45) is -0.501. The number of carbonyl (C=O) groups excluding carboxylic acids is 1. The van der Waals surface area contributed by atoms with Crippen LogP contribution in [0.2, 0.25) is 0 Å². The number of rotatable bonds is 6. The summed E-state index contributed by atoms with van der Waals surface area (Å²) in [5.41, 5.74) is 0.939. The fraction of sp³-hybridized carbons (Fsp3) is 0.429. The molecule has 0 bridgehead atoms. The number of carboxylic acids is 1. The molecule has 0 aliphatic heterocycles. The van der Waals surface area contributed by atoms with Crippen LogP contribution < -0.4 is 10.6 Å². The molecule has 6 nitrogen and oxygen atoms in total. The van der Waals surface area contributed by atoms with Gasteiger partial charge >= 0.3 is 12.0 Å². The Morgan fingerprint density at radius 2 is 1.80 bits per heavy atom. The van der Waals surface area contributed by atoms with Crippen molar-refractivity contribution in [2.24, 2.45) is 0 Å². The summed E-state index contributed by atoms with van der Waals surface area (Å²) in [6, 6.07) is 7.23. The van der Waals surface area contributed by atoms with Crippen molar-refractivity contribution in [2.45, 2.75) is 38.5 Å². The van der Waals surface area contributed by atoms with Gasteiger partial charge < -0.3 is 20.8 Å². The van der Waals surface area contributed by atoms with E-state index in [-0.39, 0.29) is 6.04 Å². The number of aliphatic hydroxyl groups is 1. The number of benzene rings is 1. The second kappa shape index (κ2) is 7.49. The maximum atomic E-state index is 11.8. The van der Waals surface area contributed by atoms with Crippen molar-refractivity contribution in [2.75, 3.05) is 0 Å². The number of aliphatic hydroxyl groups excluding tert-OH is 1. The van der Waals surface area contributed by atoms with Gasteiger partial charge in [0.15, 0.2) is 6.04 Å². The van der Waals surface area contributed by atoms with Crippen LogP contribution >= 0.6 is 0 Å². The van der Waals surface area contributed by atoms with E-state index in [1.807, 2.05) is 37.3 Å². The fourth-order valence-electron chi connectivity index (χ4n) is 1.84. The van der Waals surface area contributed by atoms with Crippen molar-refractivity contribution in [1.82, 2.24) is 10.6 Å². The standard InChI is InChI=1S/C14H20N2O4/c1-3-11(10-7-5-4-6-8-10)15-14(20)16-12(9(2)17)13(18)19/h4-9,11-12,17H,3H2,1-2H3,(H,18,19)(H2,15,16,20)/t9-,11?,12+/m1/s1. The van der Waals surface area contributed by atoms with E-state index < -0.39 is 24.1 Å². The highest BCUT2D eigenvalue weighted by atomic mass is 16.4. The number of hydrogen-bond donors (Lipinski definition) is 4. The maximum Gasteiger partial charge on any atom is 0.328 e. The Kier molecular flexibility index (Phi) is 5.99. The van der Waals surface area contributed by atoms with Gasteiger partial charge in [0.1, 0.15) is 0 Å². The van der Waals surface area contributed by atoms with Gasteiger partial charge in [-0.3, -0.25) is 0 Å². The fourth-order valence-corrected chi connectivity index (χ4v) is 1.84. The number of carboxylic acid groups (broad SMARTS) is 1. The van der Waals surface area contributed by atoms with E-state index in [4.69, 9.17) is 5.11 Å². The van der Waals surface area contributed by atoms with Crippen LogP contribution in [0.5, 0.6) is 0 Å². The number of aliphatic carboxylic acids is 1. The average molecular weight is 280 g/mol. The van der Waals surface area contributed by atoms with Crippen molar-refractivity contribution >= 4 is 12.0 Å². The molecule has 0 aromatic heterocycles. The molecule has 1 unspecified atom stereocenters. The Morgan fingerprint density at radius 3 is 2.25 bits per heavy atom. The molecule has 1 rings (SSSR count). The second-order valence-corrected chi connectivity index (χ2v) is 4.55. The predicted octanol–water partition coefficient (Wildman–Crippen LogP) is 1.27. The Hall–Kier alpha value is -2.08. The molecule has 1 aromatic carbocycles. The van der Waals surface area contributed by atoms with Crippen LogP contribution in [0.3, 0.4) is 0 Å². The molecule has 0 radical (unpaired) electrons. The molecule has 6 heteroatoms. The molecule has 0 spiro atoms. The third kappa shape index (κ3) is 4.55. The SMILES string of the molecule is CCC(NC(=O)N[C@H](C(=O)O)[C@@H](C)O)c1ccccc1. The molecule has 20 heavy (non-hydrogen) atoms. The van der Waals surface area contributed by atoms with E-state index in [1.165, 1.54) is 6.92 Å². The van der Waals surface area contributed by atoms with E-state index >= 15 is 0 Å². The van der Waals surface area contributed by atoms with Crippen molar-refractivity contribution in [3.05, 3.63) is 35.9 Å². The van der Waals surface area contributed by atoms with E-state index in [2.05, 4.69) is 10.6 Å². The second-order valence-electron chi connectivity index (χ2n) is 4.55. The number of amides is 2. The van der Waals surface area contributed by atoms with Gasteiger partial charge in [0, 0.05) is 0 Å². The first kappa shape index (κ1) is 16.0. The summed E-state index contributed by atoms with van der Waals surface area (Å²) >= 11 is 0. The van der Waals surface area contributed by atoms with Crippen molar-refractivity contribution in [3.63, 3.8) is 0 Å². The molecule has 0 saturated carbocycles. The van der Waals surface area contributed by atoms with Crippen molar-refractivity contribution in [3.8, 4) is 0 Å².